The summed E-state index contributed by atoms with van der Waals surface area (Å²) in [4.78, 5) is 29.5. The number of nitrogens with zero attached hydrogens (tertiary/aromatic N) is 2. The number of alkyl halides is 3. The molecule has 37 heavy (non-hydrogen) atoms. The number of hydrogen-bond donors (Lipinski definition) is 4. The lowest BCUT2D eigenvalue weighted by Crippen LogP contribution is -2.34. The number of urea groups is 1. The van der Waals surface area contributed by atoms with Gasteiger partial charge in [-0.05, 0) is 67.9 Å². The van der Waals surface area contributed by atoms with Crippen molar-refractivity contribution in [2.24, 2.45) is 0 Å². The molecule has 11 heteroatoms. The lowest BCUT2D eigenvalue weighted by molar-refractivity contribution is -0.137. The number of aliphatic hydroxyl groups is 1. The first-order valence-corrected chi connectivity index (χ1v) is 11.3. The Morgan fingerprint density at radius 2 is 1.73 bits per heavy atom. The normalized spacial score (nSPS) is 11.5. The molecule has 0 aliphatic carbocycles. The van der Waals surface area contributed by atoms with Gasteiger partial charge < -0.3 is 15.7 Å². The molecule has 1 aromatic heterocycles. The van der Waals surface area contributed by atoms with Crippen LogP contribution in [0.4, 0.5) is 29.6 Å². The zero-order valence-corrected chi connectivity index (χ0v) is 19.9. The van der Waals surface area contributed by atoms with Crippen molar-refractivity contribution < 1.29 is 27.9 Å². The Labute approximate surface area is 210 Å². The fourth-order valence-corrected chi connectivity index (χ4v) is 3.69. The summed E-state index contributed by atoms with van der Waals surface area (Å²) >= 11 is 0. The van der Waals surface area contributed by atoms with E-state index in [0.717, 1.165) is 18.2 Å². The van der Waals surface area contributed by atoms with Crippen molar-refractivity contribution in [3.8, 4) is 5.69 Å². The van der Waals surface area contributed by atoms with Gasteiger partial charge in [-0.3, -0.25) is 14.7 Å². The van der Waals surface area contributed by atoms with E-state index in [1.807, 2.05) is 13.8 Å². The molecule has 0 fully saturated rings. The van der Waals surface area contributed by atoms with E-state index in [-0.39, 0.29) is 24.2 Å². The zero-order chi connectivity index (χ0) is 26.7. The molecule has 0 saturated heterocycles. The van der Waals surface area contributed by atoms with Gasteiger partial charge in [0.15, 0.2) is 0 Å². The van der Waals surface area contributed by atoms with Crippen LogP contribution in [-0.4, -0.2) is 32.6 Å². The van der Waals surface area contributed by atoms with Crippen LogP contribution in [0.2, 0.25) is 0 Å². The van der Waals surface area contributed by atoms with Gasteiger partial charge in [0.05, 0.1) is 23.2 Å². The van der Waals surface area contributed by atoms with Crippen LogP contribution in [0, 0.1) is 0 Å². The lowest BCUT2D eigenvalue weighted by Gasteiger charge is -2.12. The van der Waals surface area contributed by atoms with Gasteiger partial charge in [-0.15, -0.1) is 0 Å². The van der Waals surface area contributed by atoms with Crippen LogP contribution < -0.4 is 16.0 Å². The van der Waals surface area contributed by atoms with Gasteiger partial charge in [0, 0.05) is 23.0 Å². The van der Waals surface area contributed by atoms with E-state index in [0.29, 0.717) is 28.0 Å². The molecule has 1 heterocycles. The first-order chi connectivity index (χ1) is 17.5. The smallest absolute Gasteiger partial charge is 0.392 e. The van der Waals surface area contributed by atoms with Crippen molar-refractivity contribution in [2.75, 3.05) is 10.6 Å². The molecule has 4 rings (SSSR count). The SMILES string of the molecule is CC(C)NC(=O)Nc1ccc2c(c1)nc(NC(=O)c1cccc(C(F)(F)F)c1)n2-c1ccc(CO)cc1. The lowest BCUT2D eigenvalue weighted by atomic mass is 10.1. The first kappa shape index (κ1) is 25.7. The van der Waals surface area contributed by atoms with Crippen LogP contribution in [0.5, 0.6) is 0 Å². The van der Waals surface area contributed by atoms with Crippen molar-refractivity contribution in [2.45, 2.75) is 32.7 Å². The van der Waals surface area contributed by atoms with Crippen LogP contribution >= 0.6 is 0 Å². The minimum absolute atomic E-state index is 0.0671. The summed E-state index contributed by atoms with van der Waals surface area (Å²) in [6.07, 6.45) is -4.59. The van der Waals surface area contributed by atoms with Crippen molar-refractivity contribution in [3.63, 3.8) is 0 Å². The molecule has 8 nitrogen and oxygen atoms in total. The summed E-state index contributed by atoms with van der Waals surface area (Å²) < 4.78 is 41.1. The standard InChI is InChI=1S/C26H24F3N5O3/c1-15(2)30-25(37)31-19-8-11-22-21(13-19)32-24(34(22)20-9-6-16(14-35)7-10-20)33-23(36)17-4-3-5-18(12-17)26(27,28)29/h3-13,15,35H,14H2,1-2H3,(H2,30,31,37)(H,32,33,36). The van der Waals surface area contributed by atoms with Crippen molar-refractivity contribution in [3.05, 3.63) is 83.4 Å². The van der Waals surface area contributed by atoms with E-state index in [2.05, 4.69) is 20.9 Å². The van der Waals surface area contributed by atoms with E-state index in [1.165, 1.54) is 6.07 Å². The number of benzene rings is 3. The molecule has 4 aromatic rings. The number of rotatable bonds is 6. The van der Waals surface area contributed by atoms with E-state index in [4.69, 9.17) is 0 Å². The fraction of sp³-hybridized carbons (Fsp3) is 0.192. The maximum atomic E-state index is 13.1. The van der Waals surface area contributed by atoms with E-state index < -0.39 is 23.7 Å². The Balaban J connectivity index is 1.74. The van der Waals surface area contributed by atoms with Crippen molar-refractivity contribution >= 4 is 34.6 Å². The number of hydrogen-bond acceptors (Lipinski definition) is 4. The molecule has 4 N–H and O–H groups in total. The largest absolute Gasteiger partial charge is 0.416 e. The zero-order valence-electron chi connectivity index (χ0n) is 19.9. The van der Waals surface area contributed by atoms with Gasteiger partial charge in [0.1, 0.15) is 0 Å². The Kier molecular flexibility index (Phi) is 7.16. The van der Waals surface area contributed by atoms with Gasteiger partial charge in [-0.1, -0.05) is 18.2 Å². The molecule has 0 bridgehead atoms. The summed E-state index contributed by atoms with van der Waals surface area (Å²) in [6.45, 7) is 3.50. The molecule has 0 spiro atoms. The Bertz CT molecular complexity index is 1450. The van der Waals surface area contributed by atoms with Gasteiger partial charge in [0.2, 0.25) is 5.95 Å². The topological polar surface area (TPSA) is 108 Å². The number of aliphatic hydroxyl groups excluding tert-OH is 1. The first-order valence-electron chi connectivity index (χ1n) is 11.3. The van der Waals surface area contributed by atoms with Crippen molar-refractivity contribution in [1.82, 2.24) is 14.9 Å². The number of amides is 3. The third-order valence-electron chi connectivity index (χ3n) is 5.39. The predicted molar refractivity (Wildman–Crippen MR) is 134 cm³/mol. The van der Waals surface area contributed by atoms with Crippen LogP contribution in [0.1, 0.15) is 35.3 Å². The highest BCUT2D eigenvalue weighted by Gasteiger charge is 2.31. The van der Waals surface area contributed by atoms with E-state index >= 15 is 0 Å². The quantitative estimate of drug-likeness (QED) is 0.281. The maximum absolute atomic E-state index is 13.1. The number of fused-ring (bicyclic) bond motifs is 1. The Morgan fingerprint density at radius 1 is 1.00 bits per heavy atom. The van der Waals surface area contributed by atoms with Crippen LogP contribution in [0.15, 0.2) is 66.7 Å². The average Bonchev–Trinajstić information content (AvgIpc) is 3.20. The monoisotopic (exact) mass is 511 g/mol. The molecular formula is C26H24F3N5O3. The van der Waals surface area contributed by atoms with Crippen LogP contribution in [-0.2, 0) is 12.8 Å². The minimum Gasteiger partial charge on any atom is -0.392 e. The molecule has 0 atom stereocenters. The molecule has 0 unspecified atom stereocenters. The summed E-state index contributed by atoms with van der Waals surface area (Å²) in [7, 11) is 0. The molecule has 0 radical (unpaired) electrons. The van der Waals surface area contributed by atoms with Crippen LogP contribution in [0.25, 0.3) is 16.7 Å². The highest BCUT2D eigenvalue weighted by Crippen LogP contribution is 2.31. The summed E-state index contributed by atoms with van der Waals surface area (Å²) in [5.41, 5.74) is 1.60. The number of carbonyl (C=O) groups is 2. The third kappa shape index (κ3) is 5.89. The molecule has 0 aliphatic rings. The summed E-state index contributed by atoms with van der Waals surface area (Å²) in [6, 6.07) is 15.5. The second-order valence-electron chi connectivity index (χ2n) is 8.58. The maximum Gasteiger partial charge on any atom is 0.416 e. The highest BCUT2D eigenvalue weighted by molar-refractivity contribution is 6.04. The predicted octanol–water partition coefficient (Wildman–Crippen LogP) is 5.32. The molecule has 192 valence electrons. The average molecular weight is 512 g/mol. The number of nitrogens with one attached hydrogen (secondary N) is 3. The second kappa shape index (κ2) is 10.3. The number of halogens is 3. The number of imidazole rings is 1. The number of carbonyl (C=O) groups excluding carboxylic acids is 2. The molecule has 0 saturated carbocycles. The minimum atomic E-state index is -4.59. The molecule has 0 aliphatic heterocycles. The number of anilines is 2. The number of aromatic nitrogens is 2. The third-order valence-corrected chi connectivity index (χ3v) is 5.39. The summed E-state index contributed by atoms with van der Waals surface area (Å²) in [5.74, 6) is -0.706. The fourth-order valence-electron chi connectivity index (χ4n) is 3.69. The molecular weight excluding hydrogens is 487 g/mol. The van der Waals surface area contributed by atoms with E-state index in [9.17, 15) is 27.9 Å². The van der Waals surface area contributed by atoms with Gasteiger partial charge in [-0.2, -0.15) is 13.2 Å². The highest BCUT2D eigenvalue weighted by atomic mass is 19.4. The van der Waals surface area contributed by atoms with Gasteiger partial charge in [0.25, 0.3) is 5.91 Å². The van der Waals surface area contributed by atoms with E-state index in [1.54, 1.807) is 47.0 Å². The van der Waals surface area contributed by atoms with Crippen LogP contribution in [0.3, 0.4) is 0 Å². The summed E-state index contributed by atoms with van der Waals surface area (Å²) in [5, 5.41) is 17.4. The molecule has 3 aromatic carbocycles. The van der Waals surface area contributed by atoms with Crippen molar-refractivity contribution in [1.29, 1.82) is 0 Å². The van der Waals surface area contributed by atoms with Gasteiger partial charge in [-0.25, -0.2) is 9.78 Å². The Hall–Kier alpha value is -4.38. The Morgan fingerprint density at radius 3 is 2.38 bits per heavy atom. The molecule has 3 amide bonds. The van der Waals surface area contributed by atoms with Gasteiger partial charge >= 0.3 is 12.2 Å². The second-order valence-corrected chi connectivity index (χ2v) is 8.58.